The van der Waals surface area contributed by atoms with Gasteiger partial charge in [-0.2, -0.15) is 0 Å². The molecule has 3 unspecified atom stereocenters. The molecule has 3 atom stereocenters. The smallest absolute Gasteiger partial charge is 0.239 e. The molecule has 210 valence electrons. The highest BCUT2D eigenvalue weighted by atomic mass is 35.5. The van der Waals surface area contributed by atoms with Gasteiger partial charge < -0.3 is 0 Å². The number of anilines is 1. The molecule has 4 nitrogen and oxygen atoms in total. The highest BCUT2D eigenvalue weighted by Crippen LogP contribution is 2.43. The largest absolute Gasteiger partial charge is 0.286 e. The summed E-state index contributed by atoms with van der Waals surface area (Å²) in [7, 11) is 0. The molecule has 0 spiro atoms. The summed E-state index contributed by atoms with van der Waals surface area (Å²) in [4.78, 5) is 42.7. The van der Waals surface area contributed by atoms with Gasteiger partial charge in [0.15, 0.2) is 5.12 Å². The zero-order chi connectivity index (χ0) is 29.1. The van der Waals surface area contributed by atoms with Gasteiger partial charge in [0.1, 0.15) is 5.82 Å². The van der Waals surface area contributed by atoms with Crippen molar-refractivity contribution in [3.8, 4) is 0 Å². The van der Waals surface area contributed by atoms with E-state index in [9.17, 15) is 14.4 Å². The predicted octanol–water partition coefficient (Wildman–Crippen LogP) is 9.17. The number of carbonyl (C=O) groups is 3. The summed E-state index contributed by atoms with van der Waals surface area (Å²) < 4.78 is 15.6. The molecule has 1 aromatic carbocycles. The van der Waals surface area contributed by atoms with Crippen LogP contribution >= 0.6 is 23.4 Å². The van der Waals surface area contributed by atoms with Gasteiger partial charge in [-0.1, -0.05) is 114 Å². The van der Waals surface area contributed by atoms with Crippen molar-refractivity contribution in [2.45, 2.75) is 107 Å². The van der Waals surface area contributed by atoms with Crippen molar-refractivity contribution < 1.29 is 18.8 Å². The Kier molecular flexibility index (Phi) is 11.5. The van der Waals surface area contributed by atoms with Crippen LogP contribution in [-0.2, 0) is 14.4 Å². The minimum atomic E-state index is -0.927. The molecule has 37 heavy (non-hydrogen) atoms. The fourth-order valence-corrected chi connectivity index (χ4v) is 5.30. The lowest BCUT2D eigenvalue weighted by molar-refractivity contribution is -0.138. The van der Waals surface area contributed by atoms with E-state index >= 15 is 4.39 Å². The van der Waals surface area contributed by atoms with Crippen LogP contribution in [0.15, 0.2) is 17.0 Å². The maximum atomic E-state index is 15.6. The molecule has 0 saturated heterocycles. The van der Waals surface area contributed by atoms with Gasteiger partial charge in [0.2, 0.25) is 11.8 Å². The van der Waals surface area contributed by atoms with Crippen LogP contribution in [0.1, 0.15) is 102 Å². The van der Waals surface area contributed by atoms with Gasteiger partial charge >= 0.3 is 0 Å². The van der Waals surface area contributed by atoms with Crippen LogP contribution in [0.2, 0.25) is 5.02 Å². The Bertz CT molecular complexity index is 971. The number of benzene rings is 1. The lowest BCUT2D eigenvalue weighted by atomic mass is 9.74. The molecule has 2 amide bonds. The first kappa shape index (κ1) is 33.6. The molecule has 0 radical (unpaired) electrons. The molecular formula is C30H47ClFNO3S. The van der Waals surface area contributed by atoms with Crippen LogP contribution in [-0.4, -0.2) is 16.9 Å². The number of amides is 2. The first-order valence-electron chi connectivity index (χ1n) is 13.4. The summed E-state index contributed by atoms with van der Waals surface area (Å²) in [6, 6.07) is 2.49. The van der Waals surface area contributed by atoms with E-state index in [2.05, 4.69) is 0 Å². The second-order valence-corrected chi connectivity index (χ2v) is 13.6. The van der Waals surface area contributed by atoms with E-state index in [1.807, 2.05) is 55.4 Å². The van der Waals surface area contributed by atoms with Gasteiger partial charge in [0.05, 0.1) is 10.7 Å². The highest BCUT2D eigenvalue weighted by Gasteiger charge is 2.46. The van der Waals surface area contributed by atoms with Gasteiger partial charge in [0.25, 0.3) is 0 Å². The Balaban J connectivity index is 3.80. The lowest BCUT2D eigenvalue weighted by Crippen LogP contribution is -2.53. The first-order valence-corrected chi connectivity index (χ1v) is 14.6. The molecule has 0 N–H and O–H groups in total. The van der Waals surface area contributed by atoms with E-state index in [0.717, 1.165) is 42.0 Å². The number of hydrogen-bond donors (Lipinski definition) is 0. The molecule has 7 heteroatoms. The Labute approximate surface area is 233 Å². The normalized spacial score (nSPS) is 15.2. The van der Waals surface area contributed by atoms with Gasteiger partial charge in [-0.3, -0.25) is 14.4 Å². The molecule has 0 aliphatic rings. The van der Waals surface area contributed by atoms with Crippen molar-refractivity contribution >= 4 is 46.0 Å². The summed E-state index contributed by atoms with van der Waals surface area (Å²) in [5.74, 6) is -1.69. The molecule has 0 aliphatic heterocycles. The van der Waals surface area contributed by atoms with Crippen molar-refractivity contribution in [1.82, 2.24) is 0 Å². The van der Waals surface area contributed by atoms with E-state index in [1.54, 1.807) is 27.7 Å². The Hall–Kier alpha value is -1.40. The monoisotopic (exact) mass is 555 g/mol. The fourth-order valence-electron chi connectivity index (χ4n) is 4.04. The molecule has 0 bridgehead atoms. The second-order valence-electron chi connectivity index (χ2n) is 12.2. The van der Waals surface area contributed by atoms with Crippen LogP contribution in [0, 0.1) is 39.8 Å². The minimum Gasteiger partial charge on any atom is -0.286 e. The number of imide groups is 1. The van der Waals surface area contributed by atoms with E-state index in [4.69, 9.17) is 11.6 Å². The number of thioether (sulfide) groups is 1. The number of rotatable bonds is 11. The number of nitrogens with zero attached hydrogens (tertiary/aromatic N) is 1. The summed E-state index contributed by atoms with van der Waals surface area (Å²) in [6.07, 6.45) is 2.27. The standard InChI is InChI=1S/C30H47ClFNO3S/c1-13-18(4)28(7,8)25(34)33(26(35)29(9,10)19(5)14-2)23-17-24(21(31)16-22(23)32)37-27(36)30(11,12)20(6)15-3/h16-20H,13-15H2,1-12H3. The summed E-state index contributed by atoms with van der Waals surface area (Å²) in [5, 5.41) is -0.0350. The Morgan fingerprint density at radius 3 is 1.57 bits per heavy atom. The van der Waals surface area contributed by atoms with Crippen molar-refractivity contribution in [2.24, 2.45) is 34.0 Å². The van der Waals surface area contributed by atoms with Crippen molar-refractivity contribution in [1.29, 1.82) is 0 Å². The van der Waals surface area contributed by atoms with Crippen molar-refractivity contribution in [3.05, 3.63) is 23.0 Å². The van der Waals surface area contributed by atoms with Gasteiger partial charge in [-0.25, -0.2) is 9.29 Å². The van der Waals surface area contributed by atoms with Crippen LogP contribution in [0.4, 0.5) is 10.1 Å². The van der Waals surface area contributed by atoms with E-state index in [1.165, 1.54) is 6.07 Å². The van der Waals surface area contributed by atoms with Gasteiger partial charge in [-0.15, -0.1) is 0 Å². The molecule has 0 aromatic heterocycles. The second kappa shape index (κ2) is 12.6. The van der Waals surface area contributed by atoms with Crippen LogP contribution in [0.3, 0.4) is 0 Å². The van der Waals surface area contributed by atoms with Gasteiger partial charge in [-0.05, 0) is 41.6 Å². The van der Waals surface area contributed by atoms with Crippen molar-refractivity contribution in [3.63, 3.8) is 0 Å². The van der Waals surface area contributed by atoms with E-state index < -0.39 is 33.9 Å². The molecule has 0 aliphatic carbocycles. The van der Waals surface area contributed by atoms with Crippen LogP contribution in [0.5, 0.6) is 0 Å². The molecular weight excluding hydrogens is 509 g/mol. The molecule has 0 fully saturated rings. The number of hydrogen-bond acceptors (Lipinski definition) is 4. The Morgan fingerprint density at radius 2 is 1.19 bits per heavy atom. The maximum Gasteiger partial charge on any atom is 0.239 e. The zero-order valence-electron chi connectivity index (χ0n) is 24.8. The topological polar surface area (TPSA) is 54.5 Å². The number of halogens is 2. The molecule has 1 rings (SSSR count). The Morgan fingerprint density at radius 1 is 0.811 bits per heavy atom. The van der Waals surface area contributed by atoms with Gasteiger partial charge in [0, 0.05) is 21.1 Å². The highest BCUT2D eigenvalue weighted by molar-refractivity contribution is 8.13. The van der Waals surface area contributed by atoms with E-state index in [-0.39, 0.29) is 33.6 Å². The molecule has 1 aromatic rings. The summed E-state index contributed by atoms with van der Waals surface area (Å²) in [5.41, 5.74) is -2.66. The summed E-state index contributed by atoms with van der Waals surface area (Å²) >= 11 is 7.33. The average Bonchev–Trinajstić information content (AvgIpc) is 2.84. The van der Waals surface area contributed by atoms with Crippen LogP contribution in [0.25, 0.3) is 0 Å². The first-order chi connectivity index (χ1) is 16.8. The third-order valence-electron chi connectivity index (χ3n) is 9.01. The van der Waals surface area contributed by atoms with Crippen molar-refractivity contribution in [2.75, 3.05) is 4.90 Å². The molecule has 0 saturated carbocycles. The average molecular weight is 556 g/mol. The molecule has 0 heterocycles. The predicted molar refractivity (Wildman–Crippen MR) is 154 cm³/mol. The third-order valence-corrected chi connectivity index (χ3v) is 10.7. The van der Waals surface area contributed by atoms with E-state index in [0.29, 0.717) is 4.90 Å². The minimum absolute atomic E-state index is 0.0517. The fraction of sp³-hybridized carbons (Fsp3) is 0.700. The SMILES string of the molecule is CCC(C)C(C)(C)C(=O)Sc1cc(N(C(=O)C(C)(C)C(C)CC)C(=O)C(C)(C)C(C)CC)c(F)cc1Cl. The third kappa shape index (κ3) is 6.98. The maximum absolute atomic E-state index is 15.6. The number of carbonyl (C=O) groups excluding carboxylic acids is 3. The zero-order valence-corrected chi connectivity index (χ0v) is 26.4. The summed E-state index contributed by atoms with van der Waals surface area (Å²) in [6.45, 7) is 22.9. The lowest BCUT2D eigenvalue weighted by Gasteiger charge is -2.40. The quantitative estimate of drug-likeness (QED) is 0.255. The van der Waals surface area contributed by atoms with Crippen LogP contribution < -0.4 is 4.90 Å².